The van der Waals surface area contributed by atoms with Gasteiger partial charge in [-0.25, -0.2) is 4.98 Å². The van der Waals surface area contributed by atoms with E-state index < -0.39 is 0 Å². The van der Waals surface area contributed by atoms with Gasteiger partial charge >= 0.3 is 0 Å². The third kappa shape index (κ3) is 2.91. The summed E-state index contributed by atoms with van der Waals surface area (Å²) >= 11 is 1.58. The van der Waals surface area contributed by atoms with E-state index >= 15 is 0 Å². The predicted octanol–water partition coefficient (Wildman–Crippen LogP) is 3.94. The van der Waals surface area contributed by atoms with E-state index in [0.717, 1.165) is 41.6 Å². The second-order valence-corrected chi connectivity index (χ2v) is 7.34. The molecule has 3 aromatic rings. The Kier molecular flexibility index (Phi) is 4.31. The van der Waals surface area contributed by atoms with Crippen molar-refractivity contribution in [1.82, 2.24) is 9.97 Å². The van der Waals surface area contributed by atoms with Crippen LogP contribution in [0.4, 0.5) is 0 Å². The molecule has 0 unspecified atom stereocenters. The highest BCUT2D eigenvalue weighted by Crippen LogP contribution is 2.34. The highest BCUT2D eigenvalue weighted by Gasteiger charge is 2.20. The first-order valence-corrected chi connectivity index (χ1v) is 9.32. The van der Waals surface area contributed by atoms with Crippen LogP contribution < -0.4 is 10.3 Å². The monoisotopic (exact) mass is 363 g/mol. The molecule has 130 valence electrons. The Morgan fingerprint density at radius 2 is 2.23 bits per heavy atom. The zero-order valence-corrected chi connectivity index (χ0v) is 15.2. The molecule has 0 saturated heterocycles. The van der Waals surface area contributed by atoms with E-state index in [1.54, 1.807) is 24.5 Å². The van der Waals surface area contributed by atoms with Gasteiger partial charge in [0, 0.05) is 4.88 Å². The summed E-state index contributed by atoms with van der Waals surface area (Å²) in [6, 6.07) is 9.55. The maximum atomic E-state index is 12.7. The summed E-state index contributed by atoms with van der Waals surface area (Å²) in [5.74, 6) is 1.02. The lowest BCUT2D eigenvalue weighted by Crippen LogP contribution is -2.12. The number of methoxy groups -OCH3 is 1. The molecule has 0 saturated carbocycles. The van der Waals surface area contributed by atoms with Crippen LogP contribution in [-0.4, -0.2) is 17.1 Å². The molecular weight excluding hydrogens is 346 g/mol. The Balaban J connectivity index is 1.83. The molecule has 2 aromatic heterocycles. The minimum absolute atomic E-state index is 0.156. The number of fused-ring (bicyclic) bond motifs is 3. The molecule has 4 rings (SSSR count). The molecule has 0 bridgehead atoms. The summed E-state index contributed by atoms with van der Waals surface area (Å²) in [5.41, 5.74) is 2.13. The summed E-state index contributed by atoms with van der Waals surface area (Å²) in [6.45, 7) is 0. The summed E-state index contributed by atoms with van der Waals surface area (Å²) in [4.78, 5) is 22.0. The number of benzene rings is 1. The van der Waals surface area contributed by atoms with E-state index in [1.165, 1.54) is 4.88 Å². The van der Waals surface area contributed by atoms with Crippen molar-refractivity contribution in [1.29, 1.82) is 5.26 Å². The quantitative estimate of drug-likeness (QED) is 0.715. The van der Waals surface area contributed by atoms with Crippen LogP contribution in [0.3, 0.4) is 0 Å². The van der Waals surface area contributed by atoms with Crippen LogP contribution in [0.15, 0.2) is 29.1 Å². The first kappa shape index (κ1) is 16.6. The summed E-state index contributed by atoms with van der Waals surface area (Å²) in [7, 11) is 1.60. The molecule has 26 heavy (non-hydrogen) atoms. The van der Waals surface area contributed by atoms with Crippen molar-refractivity contribution in [2.45, 2.75) is 25.7 Å². The maximum Gasteiger partial charge on any atom is 0.260 e. The maximum absolute atomic E-state index is 12.7. The van der Waals surface area contributed by atoms with Gasteiger partial charge in [0.1, 0.15) is 16.6 Å². The number of hydrogen-bond donors (Lipinski definition) is 1. The van der Waals surface area contributed by atoms with Crippen LogP contribution in [0.1, 0.15) is 34.7 Å². The van der Waals surface area contributed by atoms with Gasteiger partial charge in [-0.1, -0.05) is 12.1 Å². The van der Waals surface area contributed by atoms with Gasteiger partial charge in [-0.15, -0.1) is 11.3 Å². The molecule has 0 radical (unpaired) electrons. The molecule has 0 aliphatic heterocycles. The molecule has 5 nitrogen and oxygen atoms in total. The van der Waals surface area contributed by atoms with Gasteiger partial charge < -0.3 is 9.72 Å². The van der Waals surface area contributed by atoms with E-state index in [4.69, 9.17) is 4.74 Å². The third-order valence-electron chi connectivity index (χ3n) is 4.61. The molecule has 1 N–H and O–H groups in total. The van der Waals surface area contributed by atoms with Gasteiger partial charge in [0.05, 0.1) is 18.1 Å². The number of nitrogens with one attached hydrogen (secondary N) is 1. The van der Waals surface area contributed by atoms with Crippen molar-refractivity contribution >= 4 is 33.2 Å². The van der Waals surface area contributed by atoms with Crippen molar-refractivity contribution in [2.75, 3.05) is 7.11 Å². The summed E-state index contributed by atoms with van der Waals surface area (Å²) in [6.07, 6.45) is 5.92. The lowest BCUT2D eigenvalue weighted by atomic mass is 9.97. The predicted molar refractivity (Wildman–Crippen MR) is 103 cm³/mol. The van der Waals surface area contributed by atoms with Crippen molar-refractivity contribution in [3.05, 3.63) is 56.4 Å². The first-order valence-electron chi connectivity index (χ1n) is 8.50. The van der Waals surface area contributed by atoms with Gasteiger partial charge in [0.25, 0.3) is 5.56 Å². The van der Waals surface area contributed by atoms with Crippen molar-refractivity contribution < 1.29 is 4.74 Å². The standard InChI is InChI=1S/C20H17N3O2S/c1-25-14-6-4-5-12(10-14)9-13(11-21)18-22-19(24)17-15-7-2-3-8-16(15)26-20(17)23-18/h4-6,9-10H,2-3,7-8H2,1H3,(H,22,23,24)/b13-9+. The van der Waals surface area contributed by atoms with Crippen LogP contribution in [-0.2, 0) is 12.8 Å². The number of aromatic amines is 1. The van der Waals surface area contributed by atoms with Gasteiger partial charge in [-0.05, 0) is 55.0 Å². The van der Waals surface area contributed by atoms with Crippen LogP contribution in [0, 0.1) is 11.3 Å². The van der Waals surface area contributed by atoms with Gasteiger partial charge in [-0.3, -0.25) is 4.79 Å². The molecule has 1 aromatic carbocycles. The Morgan fingerprint density at radius 3 is 3.04 bits per heavy atom. The van der Waals surface area contributed by atoms with Crippen molar-refractivity contribution in [2.24, 2.45) is 0 Å². The molecule has 1 aliphatic carbocycles. The number of hydrogen-bond acceptors (Lipinski definition) is 5. The minimum Gasteiger partial charge on any atom is -0.497 e. The topological polar surface area (TPSA) is 78.8 Å². The zero-order chi connectivity index (χ0) is 18.1. The number of allylic oxidation sites excluding steroid dienone is 1. The molecule has 1 aliphatic rings. The Labute approximate surface area is 154 Å². The van der Waals surface area contributed by atoms with Crippen LogP contribution >= 0.6 is 11.3 Å². The van der Waals surface area contributed by atoms with Crippen LogP contribution in [0.2, 0.25) is 0 Å². The highest BCUT2D eigenvalue weighted by atomic mass is 32.1. The number of nitriles is 1. The van der Waals surface area contributed by atoms with Gasteiger partial charge in [-0.2, -0.15) is 5.26 Å². The van der Waals surface area contributed by atoms with Crippen LogP contribution in [0.5, 0.6) is 5.75 Å². The fraction of sp³-hybridized carbons (Fsp3) is 0.250. The average Bonchev–Trinajstić information content (AvgIpc) is 3.05. The second kappa shape index (κ2) is 6.77. The number of H-pyrrole nitrogens is 1. The number of thiophene rings is 1. The average molecular weight is 363 g/mol. The molecule has 0 atom stereocenters. The zero-order valence-electron chi connectivity index (χ0n) is 14.3. The molecular formula is C20H17N3O2S. The van der Waals surface area contributed by atoms with E-state index in [1.807, 2.05) is 24.3 Å². The normalized spacial score (nSPS) is 14.1. The third-order valence-corrected chi connectivity index (χ3v) is 5.79. The van der Waals surface area contributed by atoms with Crippen molar-refractivity contribution in [3.63, 3.8) is 0 Å². The molecule has 0 amide bonds. The fourth-order valence-electron chi connectivity index (χ4n) is 3.34. The number of aromatic nitrogens is 2. The largest absolute Gasteiger partial charge is 0.497 e. The number of aryl methyl sites for hydroxylation is 2. The molecule has 6 heteroatoms. The van der Waals surface area contributed by atoms with E-state index in [0.29, 0.717) is 22.5 Å². The lowest BCUT2D eigenvalue weighted by Gasteiger charge is -2.09. The number of rotatable bonds is 3. The first-order chi connectivity index (χ1) is 12.7. The molecule has 0 fully saturated rings. The molecule has 0 spiro atoms. The second-order valence-electron chi connectivity index (χ2n) is 6.25. The number of nitrogens with zero attached hydrogens (tertiary/aromatic N) is 2. The lowest BCUT2D eigenvalue weighted by molar-refractivity contribution is 0.414. The fourth-order valence-corrected chi connectivity index (χ4v) is 4.61. The van der Waals surface area contributed by atoms with E-state index in [9.17, 15) is 10.1 Å². The minimum atomic E-state index is -0.156. The van der Waals surface area contributed by atoms with Gasteiger partial charge in [0.2, 0.25) is 0 Å². The smallest absolute Gasteiger partial charge is 0.260 e. The number of ether oxygens (including phenoxy) is 1. The van der Waals surface area contributed by atoms with Crippen LogP contribution in [0.25, 0.3) is 21.9 Å². The molecule has 2 heterocycles. The van der Waals surface area contributed by atoms with Crippen molar-refractivity contribution in [3.8, 4) is 11.8 Å². The Bertz CT molecular complexity index is 1120. The van der Waals surface area contributed by atoms with Gasteiger partial charge in [0.15, 0.2) is 5.82 Å². The Hall–Kier alpha value is -2.91. The highest BCUT2D eigenvalue weighted by molar-refractivity contribution is 7.18. The van der Waals surface area contributed by atoms with E-state index in [-0.39, 0.29) is 5.56 Å². The SMILES string of the molecule is COc1cccc(/C=C(\C#N)c2nc3sc4c(c3c(=O)[nH]2)CCCC4)c1. The Morgan fingerprint density at radius 1 is 1.38 bits per heavy atom. The van der Waals surface area contributed by atoms with E-state index in [2.05, 4.69) is 16.0 Å². The summed E-state index contributed by atoms with van der Waals surface area (Å²) < 4.78 is 5.22. The summed E-state index contributed by atoms with van der Waals surface area (Å²) in [5, 5.41) is 10.3.